The number of hydrogen-bond donors (Lipinski definition) is 3. The van der Waals surface area contributed by atoms with Crippen LogP contribution in [-0.4, -0.2) is 22.4 Å². The summed E-state index contributed by atoms with van der Waals surface area (Å²) in [6.07, 6.45) is 7.01. The Hall–Kier alpha value is -3.61. The van der Waals surface area contributed by atoms with Gasteiger partial charge in [-0.25, -0.2) is 0 Å². The Labute approximate surface area is 271 Å². The Bertz CT molecular complexity index is 2360. The number of hydrogen-bond acceptors (Lipinski definition) is 9. The van der Waals surface area contributed by atoms with Gasteiger partial charge in [0, 0.05) is 17.0 Å². The molecule has 6 rings (SSSR count). The number of pyridine rings is 1. The maximum absolute atomic E-state index is 13.5. The molecule has 0 saturated heterocycles. The number of phenolic OH excluding ortho intramolecular Hbond substituents is 1. The Morgan fingerprint density at radius 3 is 2.17 bits per heavy atom. The number of aliphatic hydroxyl groups excluding tert-OH is 2. The number of aliphatic hydroxyl groups is 2. The molecule has 4 aliphatic carbocycles. The molecule has 1 aromatic heterocycles. The minimum atomic E-state index is -1.95. The summed E-state index contributed by atoms with van der Waals surface area (Å²) >= 11 is 0. The second-order valence-corrected chi connectivity index (χ2v) is 9.76. The molecule has 10 nitrogen and oxygen atoms in total. The van der Waals surface area contributed by atoms with Gasteiger partial charge in [0.2, 0.25) is 16.3 Å². The quantitative estimate of drug-likeness (QED) is 0.166. The van der Waals surface area contributed by atoms with Crippen LogP contribution in [0.1, 0.15) is 30.2 Å². The molecule has 41 heavy (non-hydrogen) atoms. The molecule has 1 aromatic carbocycles. The Morgan fingerprint density at radius 2 is 1.54 bits per heavy atom. The van der Waals surface area contributed by atoms with E-state index in [2.05, 4.69) is 4.98 Å². The van der Waals surface area contributed by atoms with Gasteiger partial charge < -0.3 is 29.8 Å². The molecule has 200 valence electrons. The maximum Gasteiger partial charge on any atom is 1.00 e. The van der Waals surface area contributed by atoms with E-state index in [-0.39, 0.29) is 75.2 Å². The van der Waals surface area contributed by atoms with Gasteiger partial charge in [-0.1, -0.05) is 36.4 Å². The van der Waals surface area contributed by atoms with Crippen LogP contribution in [0.5, 0.6) is 11.5 Å². The van der Waals surface area contributed by atoms with Crippen molar-refractivity contribution < 1.29 is 71.4 Å². The van der Waals surface area contributed by atoms with Crippen LogP contribution in [0.4, 0.5) is 0 Å². The molecule has 0 radical (unpaired) electrons. The first-order chi connectivity index (χ1) is 19.1. The normalized spacial score (nSPS) is 17.7. The largest absolute Gasteiger partial charge is 1.00 e. The number of methoxy groups -OCH3 is 1. The van der Waals surface area contributed by atoms with Crippen LogP contribution in [0.15, 0.2) is 60.4 Å². The van der Waals surface area contributed by atoms with E-state index in [1.807, 2.05) is 6.92 Å². The zero-order valence-electron chi connectivity index (χ0n) is 22.2. The van der Waals surface area contributed by atoms with Crippen LogP contribution in [0.25, 0.3) is 28.4 Å². The molecule has 2 aromatic rings. The summed E-state index contributed by atoms with van der Waals surface area (Å²) in [6, 6.07) is 4.02. The van der Waals surface area contributed by atoms with Crippen molar-refractivity contribution in [3.8, 4) is 11.5 Å². The molecule has 1 atom stereocenters. The molecule has 4 aliphatic rings. The number of aromatic hydroxyl groups is 1. The molecule has 0 amide bonds. The molecular weight excluding hydrogens is 557 g/mol. The van der Waals surface area contributed by atoms with Crippen molar-refractivity contribution in [2.75, 3.05) is 7.11 Å². The fourth-order valence-corrected chi connectivity index (χ4v) is 6.07. The zero-order chi connectivity index (χ0) is 28.7. The van der Waals surface area contributed by atoms with Crippen molar-refractivity contribution in [2.45, 2.75) is 25.2 Å². The molecule has 3 N–H and O–H groups in total. The molecule has 1 heterocycles. The van der Waals surface area contributed by atoms with Crippen molar-refractivity contribution in [1.29, 1.82) is 0 Å². The minimum absolute atomic E-state index is 0. The van der Waals surface area contributed by atoms with E-state index in [0.29, 0.717) is 16.6 Å². The van der Waals surface area contributed by atoms with Crippen molar-refractivity contribution in [1.82, 2.24) is 4.98 Å². The van der Waals surface area contributed by atoms with Crippen LogP contribution >= 0.6 is 0 Å². The summed E-state index contributed by atoms with van der Waals surface area (Å²) in [7, 11) is 1.12. The SMILES string of the molecule is C/C=C/C=C/c1cc2cc3c(c(O)c2c(=O)[n-]1)C1(CC3)C(O)=c2c(=O)c3c(=O)cc(OC)c(=O)c=3c(=O)c2=C1O.[K+]. The van der Waals surface area contributed by atoms with Gasteiger partial charge in [0.15, 0.2) is 11.2 Å². The fourth-order valence-electron chi connectivity index (χ4n) is 6.07. The van der Waals surface area contributed by atoms with Crippen LogP contribution in [0, 0.1) is 10.4 Å². The second kappa shape index (κ2) is 10.0. The van der Waals surface area contributed by atoms with E-state index in [0.717, 1.165) is 13.2 Å². The molecular formula is C30H20KNO9. The Balaban J connectivity index is 0.00000337. The number of aryl methyl sites for hydroxylation is 1. The standard InChI is InChI=1S/C30H21NO9.K/c1-3-4-5-6-14-10-13-9-12-7-8-30(22(12)26(36)17(13)29(39)31-14)27(37)20-21(28(30)38)25(35)19-18(24(20)34)15(32)11-16(40-2)23(19)33;/h3-6,9-11H,7-8H2,1-2H3,(H4,31,32,33,34,35,36,37,38,39);/q;+1/p-1/b4-3+,6-5+;. The number of phenols is 1. The van der Waals surface area contributed by atoms with Gasteiger partial charge >= 0.3 is 51.4 Å². The molecule has 0 aliphatic heterocycles. The minimum Gasteiger partial charge on any atom is -0.623 e. The molecule has 11 heteroatoms. The van der Waals surface area contributed by atoms with E-state index in [1.54, 1.807) is 36.4 Å². The van der Waals surface area contributed by atoms with E-state index < -0.39 is 76.6 Å². The third kappa shape index (κ3) is 3.73. The van der Waals surface area contributed by atoms with E-state index in [4.69, 9.17) is 4.74 Å². The molecule has 0 fully saturated rings. The van der Waals surface area contributed by atoms with Crippen LogP contribution < -0.4 is 98.8 Å². The molecule has 0 bridgehead atoms. The van der Waals surface area contributed by atoms with Crippen molar-refractivity contribution in [3.63, 3.8) is 0 Å². The first-order valence-corrected chi connectivity index (χ1v) is 12.3. The first-order valence-electron chi connectivity index (χ1n) is 12.3. The number of rotatable bonds is 3. The summed E-state index contributed by atoms with van der Waals surface area (Å²) in [5, 5.41) is 31.9. The number of allylic oxidation sites excluding steroid dienone is 3. The second-order valence-electron chi connectivity index (χ2n) is 9.76. The van der Waals surface area contributed by atoms with E-state index >= 15 is 0 Å². The third-order valence-electron chi connectivity index (χ3n) is 7.80. The zero-order valence-corrected chi connectivity index (χ0v) is 25.3. The summed E-state index contributed by atoms with van der Waals surface area (Å²) in [4.78, 5) is 69.6. The van der Waals surface area contributed by atoms with E-state index in [1.165, 1.54) is 0 Å². The predicted octanol–water partition coefficient (Wildman–Crippen LogP) is -3.26. The number of nitrogens with zero attached hydrogens (tertiary/aromatic N) is 1. The van der Waals surface area contributed by atoms with Gasteiger partial charge in [0.25, 0.3) is 0 Å². The average molecular weight is 578 g/mol. The van der Waals surface area contributed by atoms with Crippen molar-refractivity contribution in [2.24, 2.45) is 0 Å². The number of benzene rings is 1. The summed E-state index contributed by atoms with van der Waals surface area (Å²) in [6.45, 7) is 1.83. The van der Waals surface area contributed by atoms with Gasteiger partial charge in [-0.2, -0.15) is 0 Å². The van der Waals surface area contributed by atoms with Gasteiger partial charge in [0.05, 0.1) is 33.5 Å². The Morgan fingerprint density at radius 1 is 0.878 bits per heavy atom. The summed E-state index contributed by atoms with van der Waals surface area (Å²) < 4.78 is 4.89. The summed E-state index contributed by atoms with van der Waals surface area (Å²) in [5.74, 6) is -2.50. The topological polar surface area (TPSA) is 169 Å². The van der Waals surface area contributed by atoms with Gasteiger partial charge in [-0.3, -0.25) is 19.2 Å². The third-order valence-corrected chi connectivity index (χ3v) is 7.80. The predicted molar refractivity (Wildman–Crippen MR) is 146 cm³/mol. The van der Waals surface area contributed by atoms with Crippen LogP contribution in [-0.2, 0) is 11.8 Å². The van der Waals surface area contributed by atoms with Crippen molar-refractivity contribution in [3.05, 3.63) is 125 Å². The summed E-state index contributed by atoms with van der Waals surface area (Å²) in [5.41, 5.74) is -6.11. The van der Waals surface area contributed by atoms with Crippen molar-refractivity contribution >= 4 is 28.4 Å². The maximum atomic E-state index is 13.5. The number of aromatic nitrogens is 1. The monoisotopic (exact) mass is 577 g/mol. The van der Waals surface area contributed by atoms with E-state index in [9.17, 15) is 39.3 Å². The van der Waals surface area contributed by atoms with Gasteiger partial charge in [0.1, 0.15) is 22.7 Å². The van der Waals surface area contributed by atoms with Gasteiger partial charge in [-0.15, -0.1) is 5.69 Å². The molecule has 0 saturated carbocycles. The number of fused-ring (bicyclic) bond motifs is 4. The smallest absolute Gasteiger partial charge is 0.623 e. The average Bonchev–Trinajstić information content (AvgIpc) is 3.40. The van der Waals surface area contributed by atoms with Crippen LogP contribution in [0.3, 0.4) is 0 Å². The van der Waals surface area contributed by atoms with Crippen LogP contribution in [0.2, 0.25) is 0 Å². The number of ether oxygens (including phenoxy) is 1. The molecule has 1 spiro atoms. The molecule has 1 unspecified atom stereocenters. The Kier molecular flexibility index (Phi) is 7.07. The fraction of sp³-hybridized carbons (Fsp3) is 0.167. The van der Waals surface area contributed by atoms with Gasteiger partial charge in [-0.05, 0) is 30.7 Å². The first kappa shape index (κ1) is 28.9.